The lowest BCUT2D eigenvalue weighted by Gasteiger charge is -2.32. The fraction of sp³-hybridized carbons (Fsp3) is 0.217. The zero-order chi connectivity index (χ0) is 19.9. The highest BCUT2D eigenvalue weighted by molar-refractivity contribution is 5.72. The predicted octanol–water partition coefficient (Wildman–Crippen LogP) is 4.32. The maximum atomic E-state index is 6.02. The number of anilines is 1. The van der Waals surface area contributed by atoms with Gasteiger partial charge in [0.05, 0.1) is 5.69 Å². The molecule has 0 atom stereocenters. The summed E-state index contributed by atoms with van der Waals surface area (Å²) in [6.45, 7) is 1.80. The van der Waals surface area contributed by atoms with Crippen LogP contribution in [0.15, 0.2) is 71.4 Å². The van der Waals surface area contributed by atoms with Gasteiger partial charge in [-0.15, -0.1) is 0 Å². The van der Waals surface area contributed by atoms with Gasteiger partial charge < -0.3 is 9.32 Å². The van der Waals surface area contributed by atoms with Crippen LogP contribution in [0.1, 0.15) is 24.7 Å². The van der Waals surface area contributed by atoms with Gasteiger partial charge in [0.1, 0.15) is 17.7 Å². The molecule has 3 aromatic heterocycles. The highest BCUT2D eigenvalue weighted by atomic mass is 16.3. The number of hydrogen-bond donors (Lipinski definition) is 0. The normalized spacial score (nSPS) is 15.3. The van der Waals surface area contributed by atoms with Crippen LogP contribution in [0.3, 0.4) is 0 Å². The van der Waals surface area contributed by atoms with Gasteiger partial charge in [-0.3, -0.25) is 0 Å². The minimum Gasteiger partial charge on any atom is -0.440 e. The maximum absolute atomic E-state index is 6.02. The molecule has 0 radical (unpaired) electrons. The van der Waals surface area contributed by atoms with Crippen LogP contribution in [0.5, 0.6) is 0 Å². The fourth-order valence-corrected chi connectivity index (χ4v) is 4.20. The average Bonchev–Trinajstić information content (AvgIpc) is 3.46. The Morgan fingerprint density at radius 1 is 0.900 bits per heavy atom. The number of fused-ring (bicyclic) bond motifs is 2. The zero-order valence-electron chi connectivity index (χ0n) is 16.3. The Kier molecular flexibility index (Phi) is 3.97. The van der Waals surface area contributed by atoms with Crippen LogP contribution in [0.2, 0.25) is 0 Å². The zero-order valence-corrected chi connectivity index (χ0v) is 16.3. The monoisotopic (exact) mass is 396 g/mol. The molecule has 30 heavy (non-hydrogen) atoms. The van der Waals surface area contributed by atoms with Crippen molar-refractivity contribution in [1.29, 1.82) is 0 Å². The smallest absolute Gasteiger partial charge is 0.254 e. The molecule has 4 heterocycles. The summed E-state index contributed by atoms with van der Waals surface area (Å²) in [5.74, 6) is 2.82. The predicted molar refractivity (Wildman–Crippen MR) is 114 cm³/mol. The third-order valence-electron chi connectivity index (χ3n) is 5.78. The van der Waals surface area contributed by atoms with Gasteiger partial charge in [0.15, 0.2) is 11.5 Å². The van der Waals surface area contributed by atoms with Crippen LogP contribution >= 0.6 is 0 Å². The molecule has 7 nitrogen and oxygen atoms in total. The van der Waals surface area contributed by atoms with Crippen LogP contribution < -0.4 is 4.90 Å². The minimum atomic E-state index is 0.329. The Morgan fingerprint density at radius 2 is 1.70 bits per heavy atom. The summed E-state index contributed by atoms with van der Waals surface area (Å²) in [4.78, 5) is 16.1. The quantitative estimate of drug-likeness (QED) is 0.452. The fourth-order valence-electron chi connectivity index (χ4n) is 4.20. The molecular weight excluding hydrogens is 376 g/mol. The highest BCUT2D eigenvalue weighted by Crippen LogP contribution is 2.32. The topological polar surface area (TPSA) is 72.4 Å². The summed E-state index contributed by atoms with van der Waals surface area (Å²) in [6.07, 6.45) is 3.52. The molecule has 0 aliphatic carbocycles. The van der Waals surface area contributed by atoms with Crippen LogP contribution in [0.25, 0.3) is 28.1 Å². The van der Waals surface area contributed by atoms with Gasteiger partial charge >= 0.3 is 0 Å². The van der Waals surface area contributed by atoms with E-state index in [0.29, 0.717) is 11.7 Å². The summed E-state index contributed by atoms with van der Waals surface area (Å²) in [5, 5.41) is 4.41. The van der Waals surface area contributed by atoms with Crippen molar-refractivity contribution in [1.82, 2.24) is 24.6 Å². The lowest BCUT2D eigenvalue weighted by Crippen LogP contribution is -2.34. The van der Waals surface area contributed by atoms with Crippen molar-refractivity contribution >= 4 is 22.7 Å². The van der Waals surface area contributed by atoms with Gasteiger partial charge in [-0.1, -0.05) is 42.5 Å². The van der Waals surface area contributed by atoms with E-state index in [0.717, 1.165) is 60.0 Å². The van der Waals surface area contributed by atoms with E-state index < -0.39 is 0 Å². The molecule has 1 aliphatic rings. The molecule has 6 rings (SSSR count). The van der Waals surface area contributed by atoms with Crippen molar-refractivity contribution in [3.05, 3.63) is 72.9 Å². The van der Waals surface area contributed by atoms with Crippen molar-refractivity contribution < 1.29 is 4.42 Å². The Balaban J connectivity index is 1.29. The molecule has 7 heteroatoms. The highest BCUT2D eigenvalue weighted by Gasteiger charge is 2.26. The van der Waals surface area contributed by atoms with Gasteiger partial charge in [-0.05, 0) is 25.0 Å². The van der Waals surface area contributed by atoms with E-state index >= 15 is 0 Å². The Bertz CT molecular complexity index is 1280. The van der Waals surface area contributed by atoms with Gasteiger partial charge in [0.2, 0.25) is 0 Å². The molecule has 0 unspecified atom stereocenters. The summed E-state index contributed by atoms with van der Waals surface area (Å²) in [7, 11) is 0. The number of hydrogen-bond acceptors (Lipinski definition) is 6. The Labute approximate surface area is 173 Å². The third-order valence-corrected chi connectivity index (χ3v) is 5.78. The molecule has 5 aromatic rings. The van der Waals surface area contributed by atoms with Crippen molar-refractivity contribution in [2.75, 3.05) is 18.0 Å². The van der Waals surface area contributed by atoms with Crippen LogP contribution in [-0.4, -0.2) is 37.7 Å². The minimum absolute atomic E-state index is 0.329. The van der Waals surface area contributed by atoms with Crippen LogP contribution in [0, 0.1) is 0 Å². The molecular formula is C23H20N6O. The standard InChI is InChI=1S/C23H20N6O/c1-2-6-16(7-3-1)19-14-21(29-23(27-19)24-15-25-29)28-12-10-17(11-13-28)22-26-18-8-4-5-9-20(18)30-22/h1-9,14-15,17H,10-13H2. The third kappa shape index (κ3) is 2.90. The second kappa shape index (κ2) is 6.95. The van der Waals surface area contributed by atoms with Gasteiger partial charge in [0, 0.05) is 30.6 Å². The van der Waals surface area contributed by atoms with Crippen LogP contribution in [0.4, 0.5) is 5.82 Å². The first-order valence-electron chi connectivity index (χ1n) is 10.2. The first-order chi connectivity index (χ1) is 14.8. The molecule has 0 spiro atoms. The van der Waals surface area contributed by atoms with E-state index in [4.69, 9.17) is 9.40 Å². The van der Waals surface area contributed by atoms with E-state index in [1.54, 1.807) is 6.33 Å². The van der Waals surface area contributed by atoms with Crippen LogP contribution in [-0.2, 0) is 0 Å². The summed E-state index contributed by atoms with van der Waals surface area (Å²) >= 11 is 0. The number of benzene rings is 2. The summed E-state index contributed by atoms with van der Waals surface area (Å²) in [6, 6.07) is 20.3. The molecule has 1 saturated heterocycles. The van der Waals surface area contributed by atoms with Crippen molar-refractivity contribution in [3.63, 3.8) is 0 Å². The van der Waals surface area contributed by atoms with E-state index in [2.05, 4.69) is 38.2 Å². The van der Waals surface area contributed by atoms with Gasteiger partial charge in [-0.25, -0.2) is 9.97 Å². The van der Waals surface area contributed by atoms with Gasteiger partial charge in [-0.2, -0.15) is 14.6 Å². The Morgan fingerprint density at radius 3 is 2.53 bits per heavy atom. The summed E-state index contributed by atoms with van der Waals surface area (Å²) in [5.41, 5.74) is 3.78. The molecule has 148 valence electrons. The van der Waals surface area contributed by atoms with Gasteiger partial charge in [0.25, 0.3) is 5.78 Å². The van der Waals surface area contributed by atoms with E-state index in [9.17, 15) is 0 Å². The lowest BCUT2D eigenvalue weighted by molar-refractivity contribution is 0.405. The number of oxazole rings is 1. The Hall–Kier alpha value is -3.74. The van der Waals surface area contributed by atoms with Crippen molar-refractivity contribution in [3.8, 4) is 11.3 Å². The number of aromatic nitrogens is 5. The second-order valence-corrected chi connectivity index (χ2v) is 7.62. The van der Waals surface area contributed by atoms with Crippen molar-refractivity contribution in [2.45, 2.75) is 18.8 Å². The molecule has 0 N–H and O–H groups in total. The molecule has 1 aliphatic heterocycles. The SMILES string of the molecule is c1ccc(-c2cc(N3CCC(c4nc5ccccc5o4)CC3)n3ncnc3n2)cc1. The summed E-state index contributed by atoms with van der Waals surface area (Å²) < 4.78 is 7.84. The molecule has 0 saturated carbocycles. The average molecular weight is 396 g/mol. The number of rotatable bonds is 3. The van der Waals surface area contributed by atoms with E-state index in [1.165, 1.54) is 0 Å². The molecule has 0 amide bonds. The largest absolute Gasteiger partial charge is 0.440 e. The van der Waals surface area contributed by atoms with E-state index in [1.807, 2.05) is 47.0 Å². The number of nitrogens with zero attached hydrogens (tertiary/aromatic N) is 6. The number of piperidine rings is 1. The molecule has 1 fully saturated rings. The number of para-hydroxylation sites is 2. The van der Waals surface area contributed by atoms with E-state index in [-0.39, 0.29) is 0 Å². The van der Waals surface area contributed by atoms with Crippen molar-refractivity contribution in [2.24, 2.45) is 0 Å². The molecule has 2 aromatic carbocycles. The first-order valence-corrected chi connectivity index (χ1v) is 10.2. The maximum Gasteiger partial charge on any atom is 0.254 e. The molecule has 0 bridgehead atoms. The first kappa shape index (κ1) is 17.1. The second-order valence-electron chi connectivity index (χ2n) is 7.62. The lowest BCUT2D eigenvalue weighted by atomic mass is 9.96.